The molecule has 0 spiro atoms. The molecule has 0 radical (unpaired) electrons. The lowest BCUT2D eigenvalue weighted by atomic mass is 9.77. The Bertz CT molecular complexity index is 419. The molecule has 0 amide bonds. The summed E-state index contributed by atoms with van der Waals surface area (Å²) in [5.41, 5.74) is 2.77. The monoisotopic (exact) mass is 220 g/mol. The van der Waals surface area contributed by atoms with Crippen LogP contribution in [0.2, 0.25) is 0 Å². The minimum atomic E-state index is -0.429. The first-order valence-electron chi connectivity index (χ1n) is 5.33. The van der Waals surface area contributed by atoms with E-state index >= 15 is 0 Å². The molecule has 0 aliphatic carbocycles. The molecule has 0 saturated carbocycles. The Morgan fingerprint density at radius 1 is 1.31 bits per heavy atom. The van der Waals surface area contributed by atoms with Crippen LogP contribution < -0.4 is 4.74 Å². The summed E-state index contributed by atoms with van der Waals surface area (Å²) in [5, 5.41) is 0. The van der Waals surface area contributed by atoms with Crippen LogP contribution in [0.15, 0.2) is 12.1 Å². The van der Waals surface area contributed by atoms with Crippen molar-refractivity contribution in [3.05, 3.63) is 28.8 Å². The summed E-state index contributed by atoms with van der Waals surface area (Å²) in [6, 6.07) is 4.01. The van der Waals surface area contributed by atoms with Gasteiger partial charge >= 0.3 is 0 Å². The number of aryl methyl sites for hydroxylation is 2. The maximum atomic E-state index is 11.2. The molecule has 0 aromatic heterocycles. The third-order valence-electron chi connectivity index (χ3n) is 3.22. The van der Waals surface area contributed by atoms with Gasteiger partial charge in [0.2, 0.25) is 0 Å². The number of carbonyl (C=O) groups excluding carboxylic acids is 1. The zero-order chi connectivity index (χ0) is 11.8. The molecule has 3 heteroatoms. The van der Waals surface area contributed by atoms with E-state index in [0.717, 1.165) is 28.7 Å². The lowest BCUT2D eigenvalue weighted by Crippen LogP contribution is -2.48. The standard InChI is InChI=1S/C13H16O3/c1-9-5-12(15-3)10(2)4-11(9)13(6-14)7-16-8-13/h4-6H,7-8H2,1-3H3. The molecule has 0 N–H and O–H groups in total. The fraction of sp³-hybridized carbons (Fsp3) is 0.462. The molecule has 1 saturated heterocycles. The SMILES string of the molecule is COc1cc(C)c(C2(C=O)COC2)cc1C. The Labute approximate surface area is 95.4 Å². The maximum absolute atomic E-state index is 11.2. The first kappa shape index (κ1) is 11.1. The van der Waals surface area contributed by atoms with Crippen LogP contribution >= 0.6 is 0 Å². The van der Waals surface area contributed by atoms with Gasteiger partial charge in [0.15, 0.2) is 0 Å². The van der Waals surface area contributed by atoms with Crippen LogP contribution in [0.3, 0.4) is 0 Å². The highest BCUT2D eigenvalue weighted by atomic mass is 16.5. The largest absolute Gasteiger partial charge is 0.496 e. The molecule has 86 valence electrons. The van der Waals surface area contributed by atoms with Crippen LogP contribution in [-0.2, 0) is 14.9 Å². The summed E-state index contributed by atoms with van der Waals surface area (Å²) in [6.07, 6.45) is 1.00. The number of methoxy groups -OCH3 is 1. The van der Waals surface area contributed by atoms with Gasteiger partial charge < -0.3 is 14.3 Å². The lowest BCUT2D eigenvalue weighted by molar-refractivity contribution is -0.129. The number of hydrogen-bond acceptors (Lipinski definition) is 3. The van der Waals surface area contributed by atoms with E-state index < -0.39 is 5.41 Å². The molecule has 2 rings (SSSR count). The summed E-state index contributed by atoms with van der Waals surface area (Å²) >= 11 is 0. The number of aldehydes is 1. The molecule has 1 aromatic rings. The summed E-state index contributed by atoms with van der Waals surface area (Å²) in [4.78, 5) is 11.2. The lowest BCUT2D eigenvalue weighted by Gasteiger charge is -2.38. The fourth-order valence-electron chi connectivity index (χ4n) is 2.16. The van der Waals surface area contributed by atoms with Crippen LogP contribution in [0.4, 0.5) is 0 Å². The van der Waals surface area contributed by atoms with E-state index in [1.807, 2.05) is 26.0 Å². The Hall–Kier alpha value is -1.35. The van der Waals surface area contributed by atoms with Crippen LogP contribution in [0, 0.1) is 13.8 Å². The quantitative estimate of drug-likeness (QED) is 0.728. The van der Waals surface area contributed by atoms with Crippen molar-refractivity contribution in [3.8, 4) is 5.75 Å². The molecule has 1 fully saturated rings. The molecule has 1 aliphatic heterocycles. The van der Waals surface area contributed by atoms with Crippen molar-refractivity contribution < 1.29 is 14.3 Å². The number of ether oxygens (including phenoxy) is 2. The van der Waals surface area contributed by atoms with E-state index in [1.165, 1.54) is 0 Å². The molecular formula is C13H16O3. The maximum Gasteiger partial charge on any atom is 0.135 e. The van der Waals surface area contributed by atoms with Gasteiger partial charge in [-0.15, -0.1) is 0 Å². The molecule has 1 aromatic carbocycles. The average Bonchev–Trinajstić information content (AvgIpc) is 2.22. The third kappa shape index (κ3) is 1.52. The highest BCUT2D eigenvalue weighted by Crippen LogP contribution is 2.35. The smallest absolute Gasteiger partial charge is 0.135 e. The van der Waals surface area contributed by atoms with Crippen molar-refractivity contribution in [2.24, 2.45) is 0 Å². The van der Waals surface area contributed by atoms with Crippen LogP contribution in [-0.4, -0.2) is 26.6 Å². The first-order chi connectivity index (χ1) is 7.63. The summed E-state index contributed by atoms with van der Waals surface area (Å²) in [5.74, 6) is 0.863. The van der Waals surface area contributed by atoms with E-state index in [4.69, 9.17) is 9.47 Å². The van der Waals surface area contributed by atoms with Gasteiger partial charge in [0.1, 0.15) is 12.0 Å². The van der Waals surface area contributed by atoms with Crippen molar-refractivity contribution in [3.63, 3.8) is 0 Å². The van der Waals surface area contributed by atoms with Crippen molar-refractivity contribution >= 4 is 6.29 Å². The normalized spacial score (nSPS) is 17.7. The first-order valence-corrected chi connectivity index (χ1v) is 5.33. The van der Waals surface area contributed by atoms with Crippen molar-refractivity contribution in [1.29, 1.82) is 0 Å². The van der Waals surface area contributed by atoms with Crippen LogP contribution in [0.25, 0.3) is 0 Å². The minimum Gasteiger partial charge on any atom is -0.496 e. The zero-order valence-electron chi connectivity index (χ0n) is 9.87. The van der Waals surface area contributed by atoms with Crippen LogP contribution in [0.5, 0.6) is 5.75 Å². The Morgan fingerprint density at radius 3 is 2.44 bits per heavy atom. The van der Waals surface area contributed by atoms with E-state index in [-0.39, 0.29) is 0 Å². The fourth-order valence-corrected chi connectivity index (χ4v) is 2.16. The second kappa shape index (κ2) is 3.91. The number of hydrogen-bond donors (Lipinski definition) is 0. The van der Waals surface area contributed by atoms with Gasteiger partial charge in [-0.2, -0.15) is 0 Å². The molecular weight excluding hydrogens is 204 g/mol. The van der Waals surface area contributed by atoms with E-state index in [9.17, 15) is 4.79 Å². The van der Waals surface area contributed by atoms with Gasteiger partial charge in [0.25, 0.3) is 0 Å². The molecule has 0 bridgehead atoms. The van der Waals surface area contributed by atoms with Gasteiger partial charge in [0.05, 0.1) is 25.7 Å². The summed E-state index contributed by atoms with van der Waals surface area (Å²) < 4.78 is 10.4. The molecule has 0 unspecified atom stereocenters. The van der Waals surface area contributed by atoms with Crippen molar-refractivity contribution in [1.82, 2.24) is 0 Å². The van der Waals surface area contributed by atoms with Gasteiger partial charge in [-0.3, -0.25) is 0 Å². The number of rotatable bonds is 3. The van der Waals surface area contributed by atoms with Crippen molar-refractivity contribution in [2.75, 3.05) is 20.3 Å². The number of carbonyl (C=O) groups is 1. The predicted molar refractivity (Wildman–Crippen MR) is 61.0 cm³/mol. The van der Waals surface area contributed by atoms with E-state index in [2.05, 4.69) is 0 Å². The molecule has 1 heterocycles. The highest BCUT2D eigenvalue weighted by molar-refractivity contribution is 5.72. The van der Waals surface area contributed by atoms with E-state index in [1.54, 1.807) is 7.11 Å². The van der Waals surface area contributed by atoms with Crippen LogP contribution in [0.1, 0.15) is 16.7 Å². The van der Waals surface area contributed by atoms with Gasteiger partial charge in [-0.1, -0.05) is 6.07 Å². The molecule has 16 heavy (non-hydrogen) atoms. The Balaban J connectivity index is 2.49. The Morgan fingerprint density at radius 2 is 2.00 bits per heavy atom. The third-order valence-corrected chi connectivity index (χ3v) is 3.22. The van der Waals surface area contributed by atoms with Gasteiger partial charge in [-0.25, -0.2) is 0 Å². The Kier molecular flexibility index (Phi) is 2.72. The molecule has 1 aliphatic rings. The minimum absolute atomic E-state index is 0.429. The molecule has 3 nitrogen and oxygen atoms in total. The average molecular weight is 220 g/mol. The van der Waals surface area contributed by atoms with Gasteiger partial charge in [0, 0.05) is 0 Å². The topological polar surface area (TPSA) is 35.5 Å². The second-order valence-corrected chi connectivity index (χ2v) is 4.40. The van der Waals surface area contributed by atoms with Crippen molar-refractivity contribution in [2.45, 2.75) is 19.3 Å². The number of benzene rings is 1. The summed E-state index contributed by atoms with van der Waals surface area (Å²) in [6.45, 7) is 4.97. The predicted octanol–water partition coefficient (Wildman–Crippen LogP) is 1.78. The summed E-state index contributed by atoms with van der Waals surface area (Å²) in [7, 11) is 1.66. The van der Waals surface area contributed by atoms with Gasteiger partial charge in [-0.05, 0) is 36.6 Å². The molecule has 0 atom stereocenters. The van der Waals surface area contributed by atoms with E-state index in [0.29, 0.717) is 13.2 Å². The second-order valence-electron chi connectivity index (χ2n) is 4.40. The zero-order valence-corrected chi connectivity index (χ0v) is 9.87. The highest BCUT2D eigenvalue weighted by Gasteiger charge is 2.41.